The van der Waals surface area contributed by atoms with E-state index in [1.54, 1.807) is 11.8 Å². The Kier molecular flexibility index (Phi) is 4.55. The van der Waals surface area contributed by atoms with E-state index in [-0.39, 0.29) is 18.3 Å². The molecule has 0 bridgehead atoms. The SMILES string of the molecule is CC(N)C(=O)N1CCCC2(C1)OCCO2.Cl. The van der Waals surface area contributed by atoms with Crippen LogP contribution < -0.4 is 5.73 Å². The monoisotopic (exact) mass is 250 g/mol. The van der Waals surface area contributed by atoms with Crippen molar-refractivity contribution in [3.8, 4) is 0 Å². The maximum atomic E-state index is 11.7. The van der Waals surface area contributed by atoms with Crippen LogP contribution in [0.25, 0.3) is 0 Å². The smallest absolute Gasteiger partial charge is 0.239 e. The lowest BCUT2D eigenvalue weighted by molar-refractivity contribution is -0.193. The fourth-order valence-electron chi connectivity index (χ4n) is 2.20. The van der Waals surface area contributed by atoms with Gasteiger partial charge in [-0.05, 0) is 13.3 Å². The number of halogens is 1. The van der Waals surface area contributed by atoms with Crippen molar-refractivity contribution in [2.24, 2.45) is 5.73 Å². The van der Waals surface area contributed by atoms with Crippen molar-refractivity contribution in [3.63, 3.8) is 0 Å². The van der Waals surface area contributed by atoms with Gasteiger partial charge >= 0.3 is 0 Å². The summed E-state index contributed by atoms with van der Waals surface area (Å²) < 4.78 is 11.2. The quantitative estimate of drug-likeness (QED) is 0.718. The molecule has 0 saturated carbocycles. The second kappa shape index (κ2) is 5.31. The number of likely N-dealkylation sites (tertiary alicyclic amines) is 1. The first-order chi connectivity index (χ1) is 7.13. The van der Waals surface area contributed by atoms with Crippen molar-refractivity contribution in [2.75, 3.05) is 26.3 Å². The molecule has 1 spiro atoms. The highest BCUT2D eigenvalue weighted by Gasteiger charge is 2.42. The summed E-state index contributed by atoms with van der Waals surface area (Å²) in [5.41, 5.74) is 5.58. The summed E-state index contributed by atoms with van der Waals surface area (Å²) in [4.78, 5) is 13.5. The van der Waals surface area contributed by atoms with E-state index in [0.29, 0.717) is 19.8 Å². The fourth-order valence-corrected chi connectivity index (χ4v) is 2.20. The average Bonchev–Trinajstić information content (AvgIpc) is 2.65. The number of carbonyl (C=O) groups excluding carboxylic acids is 1. The van der Waals surface area contributed by atoms with Gasteiger partial charge in [0.2, 0.25) is 5.91 Å². The summed E-state index contributed by atoms with van der Waals surface area (Å²) in [6.07, 6.45) is 1.79. The van der Waals surface area contributed by atoms with Gasteiger partial charge in [-0.3, -0.25) is 4.79 Å². The molecule has 0 aromatic carbocycles. The third kappa shape index (κ3) is 2.66. The Bertz CT molecular complexity index is 254. The highest BCUT2D eigenvalue weighted by atomic mass is 35.5. The highest BCUT2D eigenvalue weighted by molar-refractivity contribution is 5.85. The molecular weight excluding hydrogens is 232 g/mol. The summed E-state index contributed by atoms with van der Waals surface area (Å²) in [5.74, 6) is -0.559. The van der Waals surface area contributed by atoms with Gasteiger partial charge in [0, 0.05) is 13.0 Å². The second-order valence-electron chi connectivity index (χ2n) is 4.26. The lowest BCUT2D eigenvalue weighted by Crippen LogP contribution is -2.54. The molecule has 2 saturated heterocycles. The van der Waals surface area contributed by atoms with E-state index in [2.05, 4.69) is 0 Å². The minimum Gasteiger partial charge on any atom is -0.346 e. The summed E-state index contributed by atoms with van der Waals surface area (Å²) in [7, 11) is 0. The fraction of sp³-hybridized carbons (Fsp3) is 0.900. The Hall–Kier alpha value is -0.360. The number of piperidine rings is 1. The summed E-state index contributed by atoms with van der Waals surface area (Å²) in [6, 6.07) is -0.443. The van der Waals surface area contributed by atoms with Crippen LogP contribution in [-0.4, -0.2) is 48.9 Å². The van der Waals surface area contributed by atoms with Gasteiger partial charge in [0.25, 0.3) is 0 Å². The maximum Gasteiger partial charge on any atom is 0.239 e. The van der Waals surface area contributed by atoms with Gasteiger partial charge in [-0.1, -0.05) is 0 Å². The number of carbonyl (C=O) groups is 1. The molecule has 0 radical (unpaired) electrons. The summed E-state index contributed by atoms with van der Waals surface area (Å²) in [5, 5.41) is 0. The third-order valence-corrected chi connectivity index (χ3v) is 2.93. The van der Waals surface area contributed by atoms with Gasteiger partial charge in [-0.2, -0.15) is 0 Å². The van der Waals surface area contributed by atoms with Gasteiger partial charge < -0.3 is 20.1 Å². The summed E-state index contributed by atoms with van der Waals surface area (Å²) >= 11 is 0. The normalized spacial score (nSPS) is 25.2. The van der Waals surface area contributed by atoms with Crippen LogP contribution in [0.3, 0.4) is 0 Å². The molecule has 1 atom stereocenters. The predicted molar refractivity (Wildman–Crippen MR) is 61.3 cm³/mol. The Morgan fingerprint density at radius 1 is 1.44 bits per heavy atom. The van der Waals surface area contributed by atoms with Gasteiger partial charge in [0.05, 0.1) is 25.8 Å². The molecule has 0 aromatic rings. The van der Waals surface area contributed by atoms with Crippen molar-refractivity contribution in [2.45, 2.75) is 31.6 Å². The Labute approximate surface area is 102 Å². The molecule has 16 heavy (non-hydrogen) atoms. The molecule has 2 heterocycles. The van der Waals surface area contributed by atoms with Crippen LogP contribution in [0.4, 0.5) is 0 Å². The minimum absolute atomic E-state index is 0. The van der Waals surface area contributed by atoms with Crippen molar-refractivity contribution < 1.29 is 14.3 Å². The van der Waals surface area contributed by atoms with Crippen LogP contribution in [0, 0.1) is 0 Å². The lowest BCUT2D eigenvalue weighted by atomic mass is 10.0. The van der Waals surface area contributed by atoms with Crippen LogP contribution in [0.2, 0.25) is 0 Å². The third-order valence-electron chi connectivity index (χ3n) is 2.93. The molecule has 0 aliphatic carbocycles. The largest absolute Gasteiger partial charge is 0.346 e. The number of ether oxygens (including phenoxy) is 2. The molecule has 2 rings (SSSR count). The van der Waals surface area contributed by atoms with E-state index >= 15 is 0 Å². The molecule has 2 N–H and O–H groups in total. The van der Waals surface area contributed by atoms with E-state index in [1.165, 1.54) is 0 Å². The molecule has 6 heteroatoms. The van der Waals surface area contributed by atoms with Crippen molar-refractivity contribution in [1.29, 1.82) is 0 Å². The van der Waals surface area contributed by atoms with E-state index in [1.807, 2.05) is 0 Å². The number of nitrogens with two attached hydrogens (primary N) is 1. The number of nitrogens with zero attached hydrogens (tertiary/aromatic N) is 1. The molecule has 0 aromatic heterocycles. The molecule has 1 amide bonds. The topological polar surface area (TPSA) is 64.8 Å². The first kappa shape index (κ1) is 13.7. The highest BCUT2D eigenvalue weighted by Crippen LogP contribution is 2.30. The molecule has 2 fully saturated rings. The number of rotatable bonds is 1. The average molecular weight is 251 g/mol. The Morgan fingerprint density at radius 2 is 2.06 bits per heavy atom. The van der Waals surface area contributed by atoms with Gasteiger partial charge in [-0.15, -0.1) is 12.4 Å². The van der Waals surface area contributed by atoms with Crippen LogP contribution in [-0.2, 0) is 14.3 Å². The minimum atomic E-state index is -0.539. The van der Waals surface area contributed by atoms with Crippen LogP contribution in [0.5, 0.6) is 0 Å². The van der Waals surface area contributed by atoms with E-state index in [0.717, 1.165) is 19.4 Å². The number of hydrogen-bond acceptors (Lipinski definition) is 4. The zero-order chi connectivity index (χ0) is 10.9. The van der Waals surface area contributed by atoms with Crippen molar-refractivity contribution in [3.05, 3.63) is 0 Å². The second-order valence-corrected chi connectivity index (χ2v) is 4.26. The van der Waals surface area contributed by atoms with E-state index in [4.69, 9.17) is 15.2 Å². The van der Waals surface area contributed by atoms with Crippen LogP contribution in [0.1, 0.15) is 19.8 Å². The number of amides is 1. The molecule has 2 aliphatic heterocycles. The van der Waals surface area contributed by atoms with Crippen molar-refractivity contribution in [1.82, 2.24) is 4.90 Å². The van der Waals surface area contributed by atoms with E-state index < -0.39 is 11.8 Å². The molecule has 94 valence electrons. The summed E-state index contributed by atoms with van der Waals surface area (Å²) in [6.45, 7) is 4.24. The first-order valence-electron chi connectivity index (χ1n) is 5.45. The van der Waals surface area contributed by atoms with Gasteiger partial charge in [-0.25, -0.2) is 0 Å². The Balaban J connectivity index is 0.00000128. The molecule has 5 nitrogen and oxygen atoms in total. The van der Waals surface area contributed by atoms with Crippen LogP contribution >= 0.6 is 12.4 Å². The predicted octanol–water partition coefficient (Wildman–Crippen LogP) is 0.121. The standard InChI is InChI=1S/C10H18N2O3.ClH/c1-8(11)9(13)12-4-2-3-10(7-12)14-5-6-15-10;/h8H,2-7,11H2,1H3;1H. The molecule has 1 unspecified atom stereocenters. The van der Waals surface area contributed by atoms with Gasteiger partial charge in [0.1, 0.15) is 0 Å². The van der Waals surface area contributed by atoms with Crippen LogP contribution in [0.15, 0.2) is 0 Å². The van der Waals surface area contributed by atoms with E-state index in [9.17, 15) is 4.79 Å². The zero-order valence-electron chi connectivity index (χ0n) is 9.48. The Morgan fingerprint density at radius 3 is 2.62 bits per heavy atom. The number of hydrogen-bond donors (Lipinski definition) is 1. The zero-order valence-corrected chi connectivity index (χ0v) is 10.3. The van der Waals surface area contributed by atoms with Gasteiger partial charge in [0.15, 0.2) is 5.79 Å². The van der Waals surface area contributed by atoms with Crippen molar-refractivity contribution >= 4 is 18.3 Å². The first-order valence-corrected chi connectivity index (χ1v) is 5.45. The molecular formula is C10H19ClN2O3. The lowest BCUT2D eigenvalue weighted by Gasteiger charge is -2.39. The maximum absolute atomic E-state index is 11.7. The molecule has 2 aliphatic rings.